The van der Waals surface area contributed by atoms with Gasteiger partial charge in [0.15, 0.2) is 0 Å². The van der Waals surface area contributed by atoms with Crippen molar-refractivity contribution in [3.8, 4) is 0 Å². The first-order chi connectivity index (χ1) is 12.6. The molecule has 1 aromatic rings. The Kier molecular flexibility index (Phi) is 3.90. The minimum absolute atomic E-state index is 0.0845. The summed E-state index contributed by atoms with van der Waals surface area (Å²) in [6, 6.07) is 0. The number of aromatic nitrogens is 2. The lowest BCUT2D eigenvalue weighted by Crippen LogP contribution is -2.45. The van der Waals surface area contributed by atoms with Gasteiger partial charge in [-0.25, -0.2) is 9.97 Å². The number of amides is 1. The largest absolute Gasteiger partial charge is 0.374 e. The van der Waals surface area contributed by atoms with Crippen molar-refractivity contribution in [3.63, 3.8) is 0 Å². The summed E-state index contributed by atoms with van der Waals surface area (Å²) >= 11 is 0. The fourth-order valence-corrected chi connectivity index (χ4v) is 5.12. The molecule has 0 aliphatic carbocycles. The smallest absolute Gasteiger partial charge is 0.257 e. The maximum Gasteiger partial charge on any atom is 0.257 e. The first kappa shape index (κ1) is 16.4. The van der Waals surface area contributed by atoms with Crippen molar-refractivity contribution in [2.45, 2.75) is 32.0 Å². The first-order valence-electron chi connectivity index (χ1n) is 9.82. The molecule has 0 N–H and O–H groups in total. The topological polar surface area (TPSA) is 61.8 Å². The molecule has 26 heavy (non-hydrogen) atoms. The van der Waals surface area contributed by atoms with Gasteiger partial charge in [-0.05, 0) is 26.8 Å². The Morgan fingerprint density at radius 3 is 2.38 bits per heavy atom. The summed E-state index contributed by atoms with van der Waals surface area (Å²) in [5.74, 6) is 1.89. The van der Waals surface area contributed by atoms with Gasteiger partial charge in [0.1, 0.15) is 0 Å². The van der Waals surface area contributed by atoms with E-state index in [0.717, 1.165) is 63.8 Å². The molecular weight excluding hydrogens is 330 g/mol. The van der Waals surface area contributed by atoms with Crippen molar-refractivity contribution < 1.29 is 9.53 Å². The minimum Gasteiger partial charge on any atom is -0.374 e. The molecule has 1 aromatic heterocycles. The van der Waals surface area contributed by atoms with Gasteiger partial charge in [0.25, 0.3) is 5.91 Å². The molecule has 140 valence electrons. The van der Waals surface area contributed by atoms with Crippen molar-refractivity contribution in [2.24, 2.45) is 11.8 Å². The Bertz CT molecular complexity index is 700. The van der Waals surface area contributed by atoms with E-state index >= 15 is 0 Å². The highest BCUT2D eigenvalue weighted by Crippen LogP contribution is 2.47. The number of anilines is 1. The molecule has 5 heterocycles. The highest BCUT2D eigenvalue weighted by Gasteiger charge is 2.53. The summed E-state index contributed by atoms with van der Waals surface area (Å²) in [5.41, 5.74) is 1.44. The van der Waals surface area contributed by atoms with Gasteiger partial charge in [0.2, 0.25) is 5.95 Å². The quantitative estimate of drug-likeness (QED) is 0.780. The van der Waals surface area contributed by atoms with E-state index in [1.54, 1.807) is 6.20 Å². The van der Waals surface area contributed by atoms with Crippen LogP contribution < -0.4 is 4.90 Å². The lowest BCUT2D eigenvalue weighted by atomic mass is 9.82. The zero-order valence-electron chi connectivity index (χ0n) is 15.6. The van der Waals surface area contributed by atoms with Gasteiger partial charge in [-0.15, -0.1) is 0 Å². The number of hydrogen-bond donors (Lipinski definition) is 0. The van der Waals surface area contributed by atoms with Crippen molar-refractivity contribution >= 4 is 11.9 Å². The third-order valence-electron chi connectivity index (χ3n) is 6.72. The van der Waals surface area contributed by atoms with Gasteiger partial charge in [-0.3, -0.25) is 4.79 Å². The van der Waals surface area contributed by atoms with Crippen LogP contribution in [-0.4, -0.2) is 84.2 Å². The number of ether oxygens (including phenoxy) is 1. The maximum atomic E-state index is 13.0. The van der Waals surface area contributed by atoms with Gasteiger partial charge < -0.3 is 19.4 Å². The van der Waals surface area contributed by atoms with Gasteiger partial charge in [0, 0.05) is 57.3 Å². The minimum atomic E-state index is 0.0845. The second-order valence-electron chi connectivity index (χ2n) is 8.29. The van der Waals surface area contributed by atoms with Crippen LogP contribution in [0.1, 0.15) is 28.9 Å². The third kappa shape index (κ3) is 2.60. The van der Waals surface area contributed by atoms with E-state index in [4.69, 9.17) is 4.74 Å². The number of piperazine rings is 1. The number of hydrogen-bond acceptors (Lipinski definition) is 6. The molecule has 4 aliphatic heterocycles. The summed E-state index contributed by atoms with van der Waals surface area (Å²) in [5, 5.41) is 0. The van der Waals surface area contributed by atoms with Gasteiger partial charge >= 0.3 is 0 Å². The molecule has 4 saturated heterocycles. The molecule has 0 saturated carbocycles. The molecule has 0 unspecified atom stereocenters. The zero-order chi connectivity index (χ0) is 17.8. The monoisotopic (exact) mass is 357 g/mol. The van der Waals surface area contributed by atoms with Crippen molar-refractivity contribution in [3.05, 3.63) is 17.5 Å². The number of carbonyl (C=O) groups is 1. The Labute approximate surface area is 154 Å². The Morgan fingerprint density at radius 1 is 1.12 bits per heavy atom. The molecule has 1 amide bonds. The van der Waals surface area contributed by atoms with E-state index in [9.17, 15) is 4.79 Å². The average molecular weight is 357 g/mol. The number of likely N-dealkylation sites (N-methyl/N-ethyl adjacent to an activating group) is 1. The standard InChI is InChI=1S/C19H27N5O2/c1-12-13(9-20-19(21-12)23-7-5-22(2)6-8-23)18(25)24-10-14-15(11-24)17-4-3-16(14)26-17/h9,14-17H,3-8,10-11H2,1-2H3/t14-,15+,16+,17-. The number of nitrogens with zero attached hydrogens (tertiary/aromatic N) is 5. The average Bonchev–Trinajstić information content (AvgIpc) is 3.35. The van der Waals surface area contributed by atoms with E-state index in [1.165, 1.54) is 0 Å². The van der Waals surface area contributed by atoms with Crippen molar-refractivity contribution in [2.75, 3.05) is 51.2 Å². The number of carbonyl (C=O) groups excluding carboxylic acids is 1. The number of aryl methyl sites for hydroxylation is 1. The lowest BCUT2D eigenvalue weighted by Gasteiger charge is -2.32. The zero-order valence-corrected chi connectivity index (χ0v) is 15.6. The molecule has 5 rings (SSSR count). The molecule has 4 fully saturated rings. The predicted molar refractivity (Wildman–Crippen MR) is 97.3 cm³/mol. The number of rotatable bonds is 2. The molecular formula is C19H27N5O2. The molecule has 0 aromatic carbocycles. The lowest BCUT2D eigenvalue weighted by molar-refractivity contribution is 0.0593. The molecule has 7 heteroatoms. The molecule has 7 nitrogen and oxygen atoms in total. The van der Waals surface area contributed by atoms with Crippen molar-refractivity contribution in [1.82, 2.24) is 19.8 Å². The van der Waals surface area contributed by atoms with Gasteiger partial charge in [-0.1, -0.05) is 0 Å². The molecule has 2 bridgehead atoms. The highest BCUT2D eigenvalue weighted by molar-refractivity contribution is 5.95. The highest BCUT2D eigenvalue weighted by atomic mass is 16.5. The van der Waals surface area contributed by atoms with Crippen LogP contribution >= 0.6 is 0 Å². The van der Waals surface area contributed by atoms with Gasteiger partial charge in [-0.2, -0.15) is 0 Å². The van der Waals surface area contributed by atoms with Crippen molar-refractivity contribution in [1.29, 1.82) is 0 Å². The second kappa shape index (κ2) is 6.16. The van der Waals surface area contributed by atoms with Crippen LogP contribution in [0.25, 0.3) is 0 Å². The van der Waals surface area contributed by atoms with Crippen LogP contribution in [0.15, 0.2) is 6.20 Å². The third-order valence-corrected chi connectivity index (χ3v) is 6.72. The van der Waals surface area contributed by atoms with Gasteiger partial charge in [0.05, 0.1) is 23.5 Å². The molecule has 0 spiro atoms. The van der Waals surface area contributed by atoms with Crippen LogP contribution in [0, 0.1) is 18.8 Å². The predicted octanol–water partition coefficient (Wildman–Crippen LogP) is 0.786. The van der Waals surface area contributed by atoms with Crippen LogP contribution in [0.4, 0.5) is 5.95 Å². The summed E-state index contributed by atoms with van der Waals surface area (Å²) in [6.07, 6.45) is 4.81. The second-order valence-corrected chi connectivity index (χ2v) is 8.29. The van der Waals surface area contributed by atoms with Crippen LogP contribution in [0.3, 0.4) is 0 Å². The molecule has 0 radical (unpaired) electrons. The number of fused-ring (bicyclic) bond motifs is 5. The van der Waals surface area contributed by atoms with E-state index in [-0.39, 0.29) is 5.91 Å². The normalized spacial score (nSPS) is 33.8. The fraction of sp³-hybridized carbons (Fsp3) is 0.737. The molecule has 4 aliphatic rings. The summed E-state index contributed by atoms with van der Waals surface area (Å²) < 4.78 is 6.02. The SMILES string of the molecule is Cc1nc(N2CCN(C)CC2)ncc1C(=O)N1C[C@@H]2[C@H](C1)[C@H]1CC[C@@H]2O1. The van der Waals surface area contributed by atoms with Crippen LogP contribution in [0.2, 0.25) is 0 Å². The van der Waals surface area contributed by atoms with E-state index in [0.29, 0.717) is 29.6 Å². The summed E-state index contributed by atoms with van der Waals surface area (Å²) in [6.45, 7) is 7.48. The number of likely N-dealkylation sites (tertiary alicyclic amines) is 1. The summed E-state index contributed by atoms with van der Waals surface area (Å²) in [4.78, 5) is 28.7. The van der Waals surface area contributed by atoms with E-state index in [2.05, 4.69) is 26.8 Å². The van der Waals surface area contributed by atoms with Crippen LogP contribution in [-0.2, 0) is 4.74 Å². The maximum absolute atomic E-state index is 13.0. The Morgan fingerprint density at radius 2 is 1.77 bits per heavy atom. The Hall–Kier alpha value is -1.73. The first-order valence-corrected chi connectivity index (χ1v) is 9.82. The fourth-order valence-electron chi connectivity index (χ4n) is 5.12. The molecule has 4 atom stereocenters. The van der Waals surface area contributed by atoms with E-state index < -0.39 is 0 Å². The van der Waals surface area contributed by atoms with E-state index in [1.807, 2.05) is 11.8 Å². The summed E-state index contributed by atoms with van der Waals surface area (Å²) in [7, 11) is 2.13. The van der Waals surface area contributed by atoms with Crippen LogP contribution in [0.5, 0.6) is 0 Å². The Balaban J connectivity index is 1.30.